The first-order valence-corrected chi connectivity index (χ1v) is 18.0. The van der Waals surface area contributed by atoms with E-state index in [-0.39, 0.29) is 19.1 Å². The molecule has 0 aromatic heterocycles. The SMILES string of the molecule is CCCCCC/C=C\CCCCCCCCCCO[C@@H]1[C@@H](O)[C@H](O)[C@@H](COC)O[C@]1(O)CC[C@@H](CCCCCCC)OC. The summed E-state index contributed by atoms with van der Waals surface area (Å²) in [4.78, 5) is 0. The van der Waals surface area contributed by atoms with Crippen molar-refractivity contribution in [2.75, 3.05) is 27.4 Å². The number of aliphatic hydroxyl groups is 3. The quantitative estimate of drug-likeness (QED) is 0.0580. The lowest BCUT2D eigenvalue weighted by Crippen LogP contribution is -2.66. The van der Waals surface area contributed by atoms with Gasteiger partial charge in [0, 0.05) is 27.2 Å². The standard InChI is InChI=1S/C36H70O7/c1-5-7-9-11-12-13-14-15-16-17-18-19-20-21-23-25-29-42-35-34(38)33(37)32(30-40-3)43-36(35,39)28-27-31(41-4)26-24-22-10-8-6-2/h13-14,31-35,37-39H,5-12,15-30H2,1-4H3/b14-13-/t31-,32-,33-,34+,35-,36-/m1/s1. The molecule has 1 fully saturated rings. The Morgan fingerprint density at radius 3 is 1.81 bits per heavy atom. The molecule has 256 valence electrons. The average molecular weight is 615 g/mol. The summed E-state index contributed by atoms with van der Waals surface area (Å²) in [7, 11) is 3.22. The molecule has 0 aliphatic carbocycles. The van der Waals surface area contributed by atoms with E-state index in [2.05, 4.69) is 26.0 Å². The molecule has 0 amide bonds. The van der Waals surface area contributed by atoms with Crippen LogP contribution in [0.3, 0.4) is 0 Å². The molecule has 7 heteroatoms. The minimum atomic E-state index is -1.72. The fourth-order valence-electron chi connectivity index (χ4n) is 6.07. The van der Waals surface area contributed by atoms with Gasteiger partial charge in [-0.25, -0.2) is 0 Å². The molecule has 43 heavy (non-hydrogen) atoms. The second kappa shape index (κ2) is 26.7. The summed E-state index contributed by atoms with van der Waals surface area (Å²) in [5.74, 6) is -1.72. The first-order chi connectivity index (χ1) is 20.9. The monoisotopic (exact) mass is 615 g/mol. The summed E-state index contributed by atoms with van der Waals surface area (Å²) >= 11 is 0. The van der Waals surface area contributed by atoms with E-state index >= 15 is 0 Å². The highest BCUT2D eigenvalue weighted by Gasteiger charge is 2.53. The van der Waals surface area contributed by atoms with Crippen LogP contribution in [-0.4, -0.2) is 79.1 Å². The van der Waals surface area contributed by atoms with Crippen LogP contribution in [0.2, 0.25) is 0 Å². The van der Waals surface area contributed by atoms with Gasteiger partial charge in [0.25, 0.3) is 0 Å². The Labute approximate surface area is 265 Å². The Kier molecular flexibility index (Phi) is 25.1. The molecule has 3 N–H and O–H groups in total. The molecule has 1 aliphatic heterocycles. The van der Waals surface area contributed by atoms with Crippen molar-refractivity contribution in [2.45, 2.75) is 191 Å². The van der Waals surface area contributed by atoms with Crippen LogP contribution in [0.4, 0.5) is 0 Å². The third-order valence-electron chi connectivity index (χ3n) is 8.91. The smallest absolute Gasteiger partial charge is 0.195 e. The number of methoxy groups -OCH3 is 2. The van der Waals surface area contributed by atoms with E-state index in [4.69, 9.17) is 18.9 Å². The van der Waals surface area contributed by atoms with Crippen LogP contribution >= 0.6 is 0 Å². The van der Waals surface area contributed by atoms with Crippen LogP contribution in [0, 0.1) is 0 Å². The minimum absolute atomic E-state index is 0.00319. The van der Waals surface area contributed by atoms with Crippen LogP contribution < -0.4 is 0 Å². The van der Waals surface area contributed by atoms with Gasteiger partial charge in [0.2, 0.25) is 0 Å². The third kappa shape index (κ3) is 18.3. The Morgan fingerprint density at radius 2 is 1.23 bits per heavy atom. The van der Waals surface area contributed by atoms with Crippen molar-refractivity contribution in [1.29, 1.82) is 0 Å². The molecule has 0 aromatic rings. The molecule has 1 aliphatic rings. The van der Waals surface area contributed by atoms with Crippen LogP contribution in [-0.2, 0) is 18.9 Å². The maximum atomic E-state index is 11.6. The van der Waals surface area contributed by atoms with Crippen molar-refractivity contribution in [3.8, 4) is 0 Å². The largest absolute Gasteiger partial charge is 0.387 e. The van der Waals surface area contributed by atoms with Gasteiger partial charge in [0.05, 0.1) is 12.7 Å². The number of aliphatic hydroxyl groups excluding tert-OH is 2. The zero-order valence-corrected chi connectivity index (χ0v) is 28.5. The van der Waals surface area contributed by atoms with Gasteiger partial charge in [-0.1, -0.05) is 116 Å². The van der Waals surface area contributed by atoms with Gasteiger partial charge < -0.3 is 34.3 Å². The fourth-order valence-corrected chi connectivity index (χ4v) is 6.07. The van der Waals surface area contributed by atoms with Gasteiger partial charge in [-0.2, -0.15) is 0 Å². The number of rotatable bonds is 29. The molecule has 0 radical (unpaired) electrons. The number of ether oxygens (including phenoxy) is 4. The molecule has 0 bridgehead atoms. The summed E-state index contributed by atoms with van der Waals surface area (Å²) in [6, 6.07) is 0. The molecule has 0 aromatic carbocycles. The van der Waals surface area contributed by atoms with E-state index in [9.17, 15) is 15.3 Å². The molecule has 1 rings (SSSR count). The molecular formula is C36H70O7. The molecule has 7 nitrogen and oxygen atoms in total. The summed E-state index contributed by atoms with van der Waals surface area (Å²) in [5, 5.41) is 33.2. The highest BCUT2D eigenvalue weighted by molar-refractivity contribution is 4.97. The van der Waals surface area contributed by atoms with Crippen LogP contribution in [0.5, 0.6) is 0 Å². The molecule has 0 unspecified atom stereocenters. The zero-order valence-electron chi connectivity index (χ0n) is 28.5. The average Bonchev–Trinajstić information content (AvgIpc) is 3.00. The van der Waals surface area contributed by atoms with Crippen LogP contribution in [0.1, 0.15) is 155 Å². The lowest BCUT2D eigenvalue weighted by molar-refractivity contribution is -0.360. The molecule has 0 spiro atoms. The summed E-state index contributed by atoms with van der Waals surface area (Å²) < 4.78 is 22.9. The number of unbranched alkanes of at least 4 members (excludes halogenated alkanes) is 16. The van der Waals surface area contributed by atoms with Crippen molar-refractivity contribution >= 4 is 0 Å². The Bertz CT molecular complexity index is 645. The van der Waals surface area contributed by atoms with E-state index in [1.54, 1.807) is 7.11 Å². The van der Waals surface area contributed by atoms with Gasteiger partial charge in [0.1, 0.15) is 24.4 Å². The molecule has 6 atom stereocenters. The lowest BCUT2D eigenvalue weighted by Gasteiger charge is -2.48. The first-order valence-electron chi connectivity index (χ1n) is 18.0. The van der Waals surface area contributed by atoms with Crippen molar-refractivity contribution in [3.63, 3.8) is 0 Å². The maximum absolute atomic E-state index is 11.6. The molecule has 0 saturated carbocycles. The van der Waals surface area contributed by atoms with Gasteiger partial charge >= 0.3 is 0 Å². The second-order valence-electron chi connectivity index (χ2n) is 12.8. The van der Waals surface area contributed by atoms with Gasteiger partial charge in [-0.05, 0) is 44.9 Å². The van der Waals surface area contributed by atoms with E-state index in [0.29, 0.717) is 13.0 Å². The van der Waals surface area contributed by atoms with E-state index in [1.165, 1.54) is 103 Å². The van der Waals surface area contributed by atoms with Crippen LogP contribution in [0.25, 0.3) is 0 Å². The van der Waals surface area contributed by atoms with Crippen molar-refractivity contribution in [3.05, 3.63) is 12.2 Å². The second-order valence-corrected chi connectivity index (χ2v) is 12.8. The van der Waals surface area contributed by atoms with E-state index < -0.39 is 30.2 Å². The summed E-state index contributed by atoms with van der Waals surface area (Å²) in [5.41, 5.74) is 0. The minimum Gasteiger partial charge on any atom is -0.387 e. The van der Waals surface area contributed by atoms with Gasteiger partial charge in [-0.3, -0.25) is 0 Å². The highest BCUT2D eigenvalue weighted by Crippen LogP contribution is 2.35. The van der Waals surface area contributed by atoms with E-state index in [0.717, 1.165) is 32.1 Å². The number of hydrogen-bond donors (Lipinski definition) is 3. The number of hydrogen-bond acceptors (Lipinski definition) is 7. The van der Waals surface area contributed by atoms with Gasteiger partial charge in [-0.15, -0.1) is 0 Å². The highest BCUT2D eigenvalue weighted by atomic mass is 16.7. The zero-order chi connectivity index (χ0) is 31.6. The summed E-state index contributed by atoms with van der Waals surface area (Å²) in [6.07, 6.45) is 25.4. The van der Waals surface area contributed by atoms with Crippen molar-refractivity contribution in [2.24, 2.45) is 0 Å². The Balaban J connectivity index is 2.36. The first kappa shape index (κ1) is 40.5. The van der Waals surface area contributed by atoms with Crippen molar-refractivity contribution < 1.29 is 34.3 Å². The van der Waals surface area contributed by atoms with Gasteiger partial charge in [0.15, 0.2) is 5.79 Å². The predicted octanol–water partition coefficient (Wildman–Crippen LogP) is 8.02. The topological polar surface area (TPSA) is 97.6 Å². The lowest BCUT2D eigenvalue weighted by atomic mass is 9.88. The molecule has 1 saturated heterocycles. The van der Waals surface area contributed by atoms with E-state index in [1.807, 2.05) is 0 Å². The maximum Gasteiger partial charge on any atom is 0.195 e. The normalized spacial score (nSPS) is 25.1. The Hall–Kier alpha value is -0.540. The fraction of sp³-hybridized carbons (Fsp3) is 0.944. The van der Waals surface area contributed by atoms with Crippen LogP contribution in [0.15, 0.2) is 12.2 Å². The van der Waals surface area contributed by atoms with Crippen molar-refractivity contribution in [1.82, 2.24) is 0 Å². The predicted molar refractivity (Wildman–Crippen MR) is 176 cm³/mol. The summed E-state index contributed by atoms with van der Waals surface area (Å²) in [6.45, 7) is 4.95. The molecular weight excluding hydrogens is 544 g/mol. The Morgan fingerprint density at radius 1 is 0.698 bits per heavy atom. The molecule has 1 heterocycles. The number of allylic oxidation sites excluding steroid dienone is 2. The third-order valence-corrected chi connectivity index (χ3v) is 8.91.